The fourth-order valence-electron chi connectivity index (χ4n) is 2.85. The first-order valence-corrected chi connectivity index (χ1v) is 11.1. The fraction of sp³-hybridized carbons (Fsp3) is 0.136. The highest BCUT2D eigenvalue weighted by molar-refractivity contribution is 7.92. The number of carbonyl (C=O) groups excluding carboxylic acids is 1. The third kappa shape index (κ3) is 5.41. The van der Waals surface area contributed by atoms with Gasteiger partial charge in [0.05, 0.1) is 21.8 Å². The Morgan fingerprint density at radius 2 is 1.56 bits per heavy atom. The molecule has 0 spiro atoms. The smallest absolute Gasteiger partial charge is 0.321 e. The summed E-state index contributed by atoms with van der Waals surface area (Å²) in [6, 6.07) is 13.3. The SMILES string of the molecule is Cc1ccc(S(=O)(=O)Nc2cc(C(=O)Nc3ccc(Cl)cc3C(F)(F)F)ccc2C)cc1. The molecule has 0 aromatic heterocycles. The van der Waals surface area contributed by atoms with E-state index in [9.17, 15) is 26.4 Å². The molecule has 3 rings (SSSR count). The number of alkyl halides is 3. The summed E-state index contributed by atoms with van der Waals surface area (Å²) in [7, 11) is -3.93. The zero-order valence-corrected chi connectivity index (χ0v) is 18.5. The first kappa shape index (κ1) is 23.6. The normalized spacial score (nSPS) is 11.8. The maximum Gasteiger partial charge on any atom is 0.418 e. The molecule has 0 aliphatic heterocycles. The molecule has 5 nitrogen and oxygen atoms in total. The molecule has 1 amide bonds. The molecule has 168 valence electrons. The van der Waals surface area contributed by atoms with Gasteiger partial charge < -0.3 is 5.32 Å². The van der Waals surface area contributed by atoms with Crippen LogP contribution in [0.3, 0.4) is 0 Å². The monoisotopic (exact) mass is 482 g/mol. The molecule has 32 heavy (non-hydrogen) atoms. The van der Waals surface area contributed by atoms with E-state index in [0.717, 1.165) is 11.6 Å². The number of benzene rings is 3. The second-order valence-corrected chi connectivity index (χ2v) is 9.21. The van der Waals surface area contributed by atoms with Gasteiger partial charge in [0.15, 0.2) is 0 Å². The van der Waals surface area contributed by atoms with E-state index in [4.69, 9.17) is 11.6 Å². The van der Waals surface area contributed by atoms with Crippen molar-refractivity contribution in [3.05, 3.63) is 87.9 Å². The predicted molar refractivity (Wildman–Crippen MR) is 118 cm³/mol. The molecule has 0 unspecified atom stereocenters. The van der Waals surface area contributed by atoms with Crippen LogP contribution in [0.15, 0.2) is 65.6 Å². The van der Waals surface area contributed by atoms with Crippen LogP contribution >= 0.6 is 11.6 Å². The Bertz CT molecular complexity index is 1270. The van der Waals surface area contributed by atoms with E-state index < -0.39 is 33.4 Å². The number of amides is 1. The summed E-state index contributed by atoms with van der Waals surface area (Å²) in [4.78, 5) is 12.7. The van der Waals surface area contributed by atoms with Gasteiger partial charge in [-0.3, -0.25) is 9.52 Å². The van der Waals surface area contributed by atoms with E-state index >= 15 is 0 Å². The van der Waals surface area contributed by atoms with E-state index in [-0.39, 0.29) is 21.2 Å². The van der Waals surface area contributed by atoms with Gasteiger partial charge in [-0.2, -0.15) is 13.2 Å². The molecule has 0 bridgehead atoms. The predicted octanol–water partition coefficient (Wildman–Crippen LogP) is 6.03. The summed E-state index contributed by atoms with van der Waals surface area (Å²) in [5.41, 5.74) is -0.0374. The highest BCUT2D eigenvalue weighted by atomic mass is 35.5. The molecule has 0 atom stereocenters. The molecular formula is C22H18ClF3N2O3S. The highest BCUT2D eigenvalue weighted by Gasteiger charge is 2.34. The molecule has 0 fully saturated rings. The van der Waals surface area contributed by atoms with Crippen molar-refractivity contribution >= 4 is 38.9 Å². The lowest BCUT2D eigenvalue weighted by Gasteiger charge is -2.15. The van der Waals surface area contributed by atoms with Crippen molar-refractivity contribution in [3.8, 4) is 0 Å². The molecule has 0 aliphatic carbocycles. The molecule has 2 N–H and O–H groups in total. The van der Waals surface area contributed by atoms with E-state index in [2.05, 4.69) is 10.0 Å². The number of halogens is 4. The van der Waals surface area contributed by atoms with E-state index in [1.807, 2.05) is 6.92 Å². The summed E-state index contributed by atoms with van der Waals surface area (Å²) >= 11 is 5.66. The first-order chi connectivity index (χ1) is 14.9. The molecule has 0 heterocycles. The molecule has 3 aromatic rings. The summed E-state index contributed by atoms with van der Waals surface area (Å²) in [5, 5.41) is 2.09. The average molecular weight is 483 g/mol. The van der Waals surface area contributed by atoms with Gasteiger partial charge in [0.25, 0.3) is 15.9 Å². The van der Waals surface area contributed by atoms with Crippen molar-refractivity contribution in [2.24, 2.45) is 0 Å². The van der Waals surface area contributed by atoms with Gasteiger partial charge in [-0.1, -0.05) is 35.4 Å². The van der Waals surface area contributed by atoms with Gasteiger partial charge in [0, 0.05) is 10.6 Å². The molecule has 3 aromatic carbocycles. The minimum Gasteiger partial charge on any atom is -0.321 e. The average Bonchev–Trinajstić information content (AvgIpc) is 2.70. The van der Waals surface area contributed by atoms with Crippen molar-refractivity contribution < 1.29 is 26.4 Å². The number of anilines is 2. The van der Waals surface area contributed by atoms with Crippen LogP contribution in [0.4, 0.5) is 24.5 Å². The Morgan fingerprint density at radius 3 is 2.19 bits per heavy atom. The Morgan fingerprint density at radius 1 is 0.906 bits per heavy atom. The number of hydrogen-bond donors (Lipinski definition) is 2. The van der Waals surface area contributed by atoms with Crippen molar-refractivity contribution in [1.29, 1.82) is 0 Å². The van der Waals surface area contributed by atoms with Crippen LogP contribution < -0.4 is 10.0 Å². The van der Waals surface area contributed by atoms with Crippen molar-refractivity contribution in [1.82, 2.24) is 0 Å². The van der Waals surface area contributed by atoms with Crippen LogP contribution in [0.25, 0.3) is 0 Å². The maximum absolute atomic E-state index is 13.3. The maximum atomic E-state index is 13.3. The Labute approximate surface area is 188 Å². The van der Waals surface area contributed by atoms with Crippen LogP contribution in [0.5, 0.6) is 0 Å². The summed E-state index contributed by atoms with van der Waals surface area (Å²) in [6.45, 7) is 3.45. The highest BCUT2D eigenvalue weighted by Crippen LogP contribution is 2.36. The molecule has 0 saturated carbocycles. The van der Waals surface area contributed by atoms with Crippen LogP contribution in [0.1, 0.15) is 27.0 Å². The number of rotatable bonds is 5. The standard InChI is InChI=1S/C22H18ClF3N2O3S/c1-13-3-8-17(9-4-13)32(30,31)28-20-11-15(6-5-14(20)2)21(29)27-19-10-7-16(23)12-18(19)22(24,25)26/h3-12,28H,1-2H3,(H,27,29). The summed E-state index contributed by atoms with van der Waals surface area (Å²) in [6.07, 6.45) is -4.73. The quantitative estimate of drug-likeness (QED) is 0.466. The zero-order chi connectivity index (χ0) is 23.7. The van der Waals surface area contributed by atoms with Gasteiger partial charge >= 0.3 is 6.18 Å². The lowest BCUT2D eigenvalue weighted by Crippen LogP contribution is -2.18. The summed E-state index contributed by atoms with van der Waals surface area (Å²) < 4.78 is 67.6. The third-order valence-corrected chi connectivity index (χ3v) is 6.23. The van der Waals surface area contributed by atoms with Crippen LogP contribution in [-0.2, 0) is 16.2 Å². The van der Waals surface area contributed by atoms with Gasteiger partial charge in [0.1, 0.15) is 0 Å². The van der Waals surface area contributed by atoms with Gasteiger partial charge in [0.2, 0.25) is 0 Å². The minimum absolute atomic E-state index is 0.0275. The number of nitrogens with one attached hydrogen (secondary N) is 2. The van der Waals surface area contributed by atoms with Gasteiger partial charge in [-0.05, 0) is 61.9 Å². The second kappa shape index (κ2) is 8.84. The number of sulfonamides is 1. The first-order valence-electron chi connectivity index (χ1n) is 9.25. The second-order valence-electron chi connectivity index (χ2n) is 7.09. The van der Waals surface area contributed by atoms with Crippen LogP contribution in [-0.4, -0.2) is 14.3 Å². The van der Waals surface area contributed by atoms with Crippen molar-refractivity contribution in [2.45, 2.75) is 24.9 Å². The van der Waals surface area contributed by atoms with Gasteiger partial charge in [-0.15, -0.1) is 0 Å². The number of hydrogen-bond acceptors (Lipinski definition) is 3. The molecule has 10 heteroatoms. The van der Waals surface area contributed by atoms with E-state index in [1.54, 1.807) is 19.1 Å². The lowest BCUT2D eigenvalue weighted by molar-refractivity contribution is -0.136. The zero-order valence-electron chi connectivity index (χ0n) is 16.9. The van der Waals surface area contributed by atoms with Crippen LogP contribution in [0.2, 0.25) is 5.02 Å². The number of aryl methyl sites for hydroxylation is 2. The summed E-state index contributed by atoms with van der Waals surface area (Å²) in [5.74, 6) is -0.839. The lowest BCUT2D eigenvalue weighted by atomic mass is 10.1. The molecule has 0 radical (unpaired) electrons. The molecule has 0 saturated heterocycles. The van der Waals surface area contributed by atoms with Gasteiger partial charge in [-0.25, -0.2) is 8.42 Å². The van der Waals surface area contributed by atoms with Crippen molar-refractivity contribution in [3.63, 3.8) is 0 Å². The molecular weight excluding hydrogens is 465 g/mol. The largest absolute Gasteiger partial charge is 0.418 e. The van der Waals surface area contributed by atoms with Crippen LogP contribution in [0, 0.1) is 13.8 Å². The van der Waals surface area contributed by atoms with E-state index in [0.29, 0.717) is 11.6 Å². The fourth-order valence-corrected chi connectivity index (χ4v) is 4.14. The van der Waals surface area contributed by atoms with Crippen molar-refractivity contribution in [2.75, 3.05) is 10.0 Å². The molecule has 0 aliphatic rings. The minimum atomic E-state index is -4.73. The Kier molecular flexibility index (Phi) is 6.52. The topological polar surface area (TPSA) is 75.3 Å². The Hall–Kier alpha value is -3.04. The van der Waals surface area contributed by atoms with E-state index in [1.165, 1.54) is 36.4 Å². The third-order valence-electron chi connectivity index (χ3n) is 4.61. The number of carbonyl (C=O) groups is 1. The Balaban J connectivity index is 1.89.